The van der Waals surface area contributed by atoms with Crippen molar-refractivity contribution in [1.82, 2.24) is 15.1 Å². The summed E-state index contributed by atoms with van der Waals surface area (Å²) in [6.45, 7) is 2.45. The minimum atomic E-state index is -5.08. The molecule has 3 amide bonds. The second-order valence-corrected chi connectivity index (χ2v) is 10.2. The van der Waals surface area contributed by atoms with Crippen molar-refractivity contribution in [2.75, 3.05) is 26.2 Å². The van der Waals surface area contributed by atoms with Crippen LogP contribution >= 0.6 is 0 Å². The van der Waals surface area contributed by atoms with Crippen LogP contribution in [0, 0.1) is 11.8 Å². The number of nitrogens with zero attached hydrogens (tertiary/aromatic N) is 2. The Morgan fingerprint density at radius 1 is 1.00 bits per heavy atom. The van der Waals surface area contributed by atoms with Gasteiger partial charge in [-0.05, 0) is 43.6 Å². The number of nitrogens with two attached hydrogens (primary N) is 1. The third-order valence-electron chi connectivity index (χ3n) is 6.95. The summed E-state index contributed by atoms with van der Waals surface area (Å²) in [5.74, 6) is -4.11. The summed E-state index contributed by atoms with van der Waals surface area (Å²) >= 11 is 0. The van der Waals surface area contributed by atoms with Gasteiger partial charge in [-0.15, -0.1) is 0 Å². The van der Waals surface area contributed by atoms with Gasteiger partial charge in [0.15, 0.2) is 0 Å². The van der Waals surface area contributed by atoms with Crippen LogP contribution in [0.2, 0.25) is 0 Å². The molecule has 0 saturated carbocycles. The number of likely N-dealkylation sites (tertiary alicyclic amines) is 2. The molecule has 0 aromatic heterocycles. The molecule has 42 heavy (non-hydrogen) atoms. The summed E-state index contributed by atoms with van der Waals surface area (Å²) < 4.78 is 37.1. The van der Waals surface area contributed by atoms with Crippen molar-refractivity contribution in [3.63, 3.8) is 0 Å². The van der Waals surface area contributed by atoms with Gasteiger partial charge in [0.1, 0.15) is 6.61 Å². The molecule has 2 aliphatic heterocycles. The lowest BCUT2D eigenvalue weighted by molar-refractivity contribution is -0.192. The molecule has 5 N–H and O–H groups in total. The van der Waals surface area contributed by atoms with E-state index in [-0.39, 0.29) is 36.9 Å². The molecule has 2 saturated heterocycles. The van der Waals surface area contributed by atoms with E-state index < -0.39 is 24.3 Å². The van der Waals surface area contributed by atoms with Crippen molar-refractivity contribution in [2.24, 2.45) is 17.6 Å². The maximum absolute atomic E-state index is 12.8. The fourth-order valence-electron chi connectivity index (χ4n) is 4.66. The first-order chi connectivity index (χ1) is 19.8. The summed E-state index contributed by atoms with van der Waals surface area (Å²) in [6.07, 6.45) is -2.46. The number of carboxylic acid groups (broad SMARTS) is 2. The van der Waals surface area contributed by atoms with Gasteiger partial charge in [0, 0.05) is 32.6 Å². The van der Waals surface area contributed by atoms with Gasteiger partial charge in [0.25, 0.3) is 0 Å². The van der Waals surface area contributed by atoms with Gasteiger partial charge in [0.2, 0.25) is 11.8 Å². The lowest BCUT2D eigenvalue weighted by Gasteiger charge is -2.34. The highest BCUT2D eigenvalue weighted by Crippen LogP contribution is 2.24. The number of carbonyl (C=O) groups is 5. The number of nitrogens with one attached hydrogen (secondary N) is 1. The second kappa shape index (κ2) is 16.5. The summed E-state index contributed by atoms with van der Waals surface area (Å²) in [6, 6.07) is 9.57. The number of alkyl halides is 3. The minimum Gasteiger partial charge on any atom is -0.481 e. The lowest BCUT2D eigenvalue weighted by Crippen LogP contribution is -2.50. The molecule has 2 atom stereocenters. The molecule has 1 aromatic carbocycles. The summed E-state index contributed by atoms with van der Waals surface area (Å²) in [5, 5.41) is 18.4. The van der Waals surface area contributed by atoms with E-state index in [2.05, 4.69) is 5.32 Å². The summed E-state index contributed by atoms with van der Waals surface area (Å²) in [7, 11) is 0. The van der Waals surface area contributed by atoms with Crippen LogP contribution in [0.25, 0.3) is 0 Å². The van der Waals surface area contributed by atoms with Crippen LogP contribution in [-0.2, 0) is 30.5 Å². The minimum absolute atomic E-state index is 0.0297. The van der Waals surface area contributed by atoms with E-state index in [0.717, 1.165) is 31.2 Å². The molecular weight excluding hydrogens is 565 g/mol. The smallest absolute Gasteiger partial charge is 0.481 e. The highest BCUT2D eigenvalue weighted by molar-refractivity contribution is 5.82. The van der Waals surface area contributed by atoms with Crippen LogP contribution in [-0.4, -0.2) is 88.4 Å². The predicted octanol–water partition coefficient (Wildman–Crippen LogP) is 2.56. The highest BCUT2D eigenvalue weighted by atomic mass is 19.4. The van der Waals surface area contributed by atoms with Crippen LogP contribution in [0.15, 0.2) is 30.3 Å². The van der Waals surface area contributed by atoms with Crippen molar-refractivity contribution in [1.29, 1.82) is 0 Å². The third kappa shape index (κ3) is 12.3. The maximum atomic E-state index is 12.8. The van der Waals surface area contributed by atoms with E-state index in [4.69, 9.17) is 25.5 Å². The molecule has 234 valence electrons. The monoisotopic (exact) mass is 602 g/mol. The van der Waals surface area contributed by atoms with Crippen LogP contribution in [0.1, 0.15) is 50.5 Å². The number of halogens is 3. The molecule has 1 aromatic rings. The molecule has 12 nitrogen and oxygen atoms in total. The summed E-state index contributed by atoms with van der Waals surface area (Å²) in [5.41, 5.74) is 6.61. The number of carboxylic acids is 2. The van der Waals surface area contributed by atoms with E-state index in [1.807, 2.05) is 30.3 Å². The van der Waals surface area contributed by atoms with Crippen molar-refractivity contribution in [3.8, 4) is 0 Å². The highest BCUT2D eigenvalue weighted by Gasteiger charge is 2.38. The molecule has 0 bridgehead atoms. The van der Waals surface area contributed by atoms with Gasteiger partial charge in [-0.25, -0.2) is 9.59 Å². The number of amides is 3. The van der Waals surface area contributed by atoms with Gasteiger partial charge in [-0.2, -0.15) is 13.2 Å². The largest absolute Gasteiger partial charge is 0.490 e. The SMILES string of the molecule is N[C@H](CC(=O)O)NC(=O)[C@@H]1CCCN(C(=O)CCC2CCN(C(=O)OCc3ccccc3)CC2)C1.O=C(O)C(F)(F)F. The normalized spacial score (nSPS) is 18.2. The number of rotatable bonds is 9. The third-order valence-corrected chi connectivity index (χ3v) is 6.95. The fourth-order valence-corrected chi connectivity index (χ4v) is 4.66. The van der Waals surface area contributed by atoms with E-state index in [1.165, 1.54) is 0 Å². The van der Waals surface area contributed by atoms with Crippen LogP contribution < -0.4 is 11.1 Å². The number of ether oxygens (including phenoxy) is 1. The zero-order valence-electron chi connectivity index (χ0n) is 23.1. The Hall–Kier alpha value is -3.88. The Morgan fingerprint density at radius 2 is 1.62 bits per heavy atom. The Morgan fingerprint density at radius 3 is 2.19 bits per heavy atom. The molecular formula is C27H37F3N4O8. The Bertz CT molecular complexity index is 1070. The molecule has 3 rings (SSSR count). The first-order valence-corrected chi connectivity index (χ1v) is 13.6. The molecule has 2 aliphatic rings. The molecule has 2 fully saturated rings. The average Bonchev–Trinajstić information content (AvgIpc) is 2.95. The fraction of sp³-hybridized carbons (Fsp3) is 0.593. The maximum Gasteiger partial charge on any atom is 0.490 e. The lowest BCUT2D eigenvalue weighted by atomic mass is 9.91. The average molecular weight is 603 g/mol. The van der Waals surface area contributed by atoms with Gasteiger partial charge in [0.05, 0.1) is 18.5 Å². The Kier molecular flexibility index (Phi) is 13.5. The van der Waals surface area contributed by atoms with Crippen molar-refractivity contribution >= 4 is 29.8 Å². The van der Waals surface area contributed by atoms with Crippen LogP contribution in [0.3, 0.4) is 0 Å². The zero-order valence-corrected chi connectivity index (χ0v) is 23.1. The van der Waals surface area contributed by atoms with E-state index in [9.17, 15) is 32.3 Å². The van der Waals surface area contributed by atoms with Crippen molar-refractivity contribution in [3.05, 3.63) is 35.9 Å². The molecule has 0 aliphatic carbocycles. The summed E-state index contributed by atoms with van der Waals surface area (Å²) in [4.78, 5) is 60.6. The first kappa shape index (κ1) is 34.3. The molecule has 0 spiro atoms. The van der Waals surface area contributed by atoms with Crippen molar-refractivity contribution < 1.29 is 52.1 Å². The van der Waals surface area contributed by atoms with Gasteiger partial charge in [-0.1, -0.05) is 30.3 Å². The zero-order chi connectivity index (χ0) is 31.3. The predicted molar refractivity (Wildman–Crippen MR) is 142 cm³/mol. The Labute approximate surface area is 241 Å². The Balaban J connectivity index is 0.000000782. The van der Waals surface area contributed by atoms with E-state index in [1.54, 1.807) is 9.80 Å². The van der Waals surface area contributed by atoms with Gasteiger partial charge < -0.3 is 35.8 Å². The second-order valence-electron chi connectivity index (χ2n) is 10.2. The van der Waals surface area contributed by atoms with E-state index >= 15 is 0 Å². The van der Waals surface area contributed by atoms with Crippen LogP contribution in [0.5, 0.6) is 0 Å². The molecule has 2 heterocycles. The quantitative estimate of drug-likeness (QED) is 0.309. The number of hydrogen-bond acceptors (Lipinski definition) is 7. The van der Waals surface area contributed by atoms with Crippen LogP contribution in [0.4, 0.5) is 18.0 Å². The van der Waals surface area contributed by atoms with Gasteiger partial charge in [-0.3, -0.25) is 14.4 Å². The number of benzene rings is 1. The number of aliphatic carboxylic acids is 2. The number of carbonyl (C=O) groups excluding carboxylic acids is 3. The standard InChI is InChI=1S/C25H36N4O6.C2HF3O2/c26-21(15-23(31)32)27-24(33)20-7-4-12-29(16-20)22(30)9-8-18-10-13-28(14-11-18)25(34)35-17-19-5-2-1-3-6-19;3-2(4,5)1(6)7/h1-3,5-6,18,20-21H,4,7-17,26H2,(H,27,33)(H,31,32);(H,6,7)/t20-,21+;/m1./s1. The molecule has 0 radical (unpaired) electrons. The topological polar surface area (TPSA) is 180 Å². The van der Waals surface area contributed by atoms with Crippen molar-refractivity contribution in [2.45, 2.75) is 63.9 Å². The van der Waals surface area contributed by atoms with E-state index in [0.29, 0.717) is 44.9 Å². The number of hydrogen-bond donors (Lipinski definition) is 4. The molecule has 15 heteroatoms. The first-order valence-electron chi connectivity index (χ1n) is 13.6. The molecule has 0 unspecified atom stereocenters. The van der Waals surface area contributed by atoms with Gasteiger partial charge >= 0.3 is 24.2 Å². The number of piperidine rings is 2.